The van der Waals surface area contributed by atoms with Gasteiger partial charge >= 0.3 is 0 Å². The van der Waals surface area contributed by atoms with Gasteiger partial charge in [0.15, 0.2) is 0 Å². The van der Waals surface area contributed by atoms with Gasteiger partial charge in [-0.1, -0.05) is 0 Å². The maximum atomic E-state index is 4.22. The van der Waals surface area contributed by atoms with Crippen molar-refractivity contribution >= 4 is 11.8 Å². The fourth-order valence-corrected chi connectivity index (χ4v) is 2.48. The van der Waals surface area contributed by atoms with Gasteiger partial charge in [-0.3, -0.25) is 0 Å². The Morgan fingerprint density at radius 3 is 3.30 bits per heavy atom. The zero-order valence-corrected chi connectivity index (χ0v) is 6.53. The van der Waals surface area contributed by atoms with Crippen LogP contribution in [0.15, 0.2) is 12.4 Å². The molecule has 1 N–H and O–H groups in total. The van der Waals surface area contributed by atoms with E-state index < -0.39 is 0 Å². The lowest BCUT2D eigenvalue weighted by Crippen LogP contribution is -1.89. The molecule has 1 aliphatic heterocycles. The SMILES string of the molecule is c1c[nH]c(C2CCCS2)n1. The van der Waals surface area contributed by atoms with E-state index in [1.807, 2.05) is 24.2 Å². The Morgan fingerprint density at radius 2 is 2.70 bits per heavy atom. The summed E-state index contributed by atoms with van der Waals surface area (Å²) in [6, 6.07) is 0. The van der Waals surface area contributed by atoms with Gasteiger partial charge in [-0.25, -0.2) is 4.98 Å². The van der Waals surface area contributed by atoms with Crippen molar-refractivity contribution in [1.29, 1.82) is 0 Å². The molecule has 1 aromatic rings. The molecule has 3 heteroatoms. The lowest BCUT2D eigenvalue weighted by atomic mass is 10.2. The molecule has 1 aliphatic rings. The standard InChI is InChI=1S/C7H10N2S/c1-2-6(10-5-1)7-8-3-4-9-7/h3-4,6H,1-2,5H2,(H,8,9). The Labute approximate surface area is 64.4 Å². The van der Waals surface area contributed by atoms with Crippen molar-refractivity contribution in [2.24, 2.45) is 0 Å². The van der Waals surface area contributed by atoms with Crippen LogP contribution in [0, 0.1) is 0 Å². The Bertz CT molecular complexity index is 189. The zero-order valence-electron chi connectivity index (χ0n) is 5.71. The average molecular weight is 154 g/mol. The Balaban J connectivity index is 2.12. The van der Waals surface area contributed by atoms with Crippen molar-refractivity contribution in [3.63, 3.8) is 0 Å². The van der Waals surface area contributed by atoms with Gasteiger partial charge in [0.1, 0.15) is 5.82 Å². The summed E-state index contributed by atoms with van der Waals surface area (Å²) in [5, 5.41) is 0.648. The normalized spacial score (nSPS) is 25.4. The van der Waals surface area contributed by atoms with E-state index in [2.05, 4.69) is 9.97 Å². The highest BCUT2D eigenvalue weighted by molar-refractivity contribution is 7.99. The Hall–Kier alpha value is -0.440. The number of nitrogens with zero attached hydrogens (tertiary/aromatic N) is 1. The largest absolute Gasteiger partial charge is 0.348 e. The summed E-state index contributed by atoms with van der Waals surface area (Å²) < 4.78 is 0. The van der Waals surface area contributed by atoms with Gasteiger partial charge in [-0.15, -0.1) is 0 Å². The van der Waals surface area contributed by atoms with E-state index in [4.69, 9.17) is 0 Å². The van der Waals surface area contributed by atoms with E-state index in [-0.39, 0.29) is 0 Å². The quantitative estimate of drug-likeness (QED) is 0.670. The van der Waals surface area contributed by atoms with Gasteiger partial charge in [-0.05, 0) is 18.6 Å². The number of thioether (sulfide) groups is 1. The van der Waals surface area contributed by atoms with Crippen molar-refractivity contribution in [2.75, 3.05) is 5.75 Å². The first-order chi connectivity index (χ1) is 4.97. The molecular weight excluding hydrogens is 144 g/mol. The van der Waals surface area contributed by atoms with Crippen molar-refractivity contribution in [3.8, 4) is 0 Å². The minimum atomic E-state index is 0.648. The number of aromatic amines is 1. The van der Waals surface area contributed by atoms with Gasteiger partial charge in [0.05, 0.1) is 5.25 Å². The Kier molecular flexibility index (Phi) is 1.67. The minimum absolute atomic E-state index is 0.648. The summed E-state index contributed by atoms with van der Waals surface area (Å²) in [7, 11) is 0. The summed E-state index contributed by atoms with van der Waals surface area (Å²) in [6.07, 6.45) is 6.36. The highest BCUT2D eigenvalue weighted by Crippen LogP contribution is 2.37. The van der Waals surface area contributed by atoms with Gasteiger partial charge < -0.3 is 4.98 Å². The van der Waals surface area contributed by atoms with Crippen LogP contribution >= 0.6 is 11.8 Å². The van der Waals surface area contributed by atoms with E-state index >= 15 is 0 Å². The van der Waals surface area contributed by atoms with Gasteiger partial charge in [-0.2, -0.15) is 11.8 Å². The van der Waals surface area contributed by atoms with Gasteiger partial charge in [0, 0.05) is 12.4 Å². The third kappa shape index (κ3) is 1.06. The number of rotatable bonds is 1. The lowest BCUT2D eigenvalue weighted by molar-refractivity contribution is 0.790. The second-order valence-electron chi connectivity index (χ2n) is 2.48. The fourth-order valence-electron chi connectivity index (χ4n) is 1.25. The summed E-state index contributed by atoms with van der Waals surface area (Å²) in [4.78, 5) is 7.37. The molecule has 2 heterocycles. The minimum Gasteiger partial charge on any atom is -0.348 e. The smallest absolute Gasteiger partial charge is 0.119 e. The molecule has 1 atom stereocenters. The number of aromatic nitrogens is 2. The van der Waals surface area contributed by atoms with E-state index in [9.17, 15) is 0 Å². The predicted octanol–water partition coefficient (Wildman–Crippen LogP) is 1.98. The molecule has 0 amide bonds. The van der Waals surface area contributed by atoms with Crippen LogP contribution in [0.3, 0.4) is 0 Å². The van der Waals surface area contributed by atoms with Gasteiger partial charge in [0.2, 0.25) is 0 Å². The molecule has 0 spiro atoms. The van der Waals surface area contributed by atoms with Gasteiger partial charge in [0.25, 0.3) is 0 Å². The molecule has 54 valence electrons. The number of hydrogen-bond donors (Lipinski definition) is 1. The fraction of sp³-hybridized carbons (Fsp3) is 0.571. The first kappa shape index (κ1) is 6.28. The molecule has 1 fully saturated rings. The molecule has 2 rings (SSSR count). The summed E-state index contributed by atoms with van der Waals surface area (Å²) >= 11 is 2.01. The summed E-state index contributed by atoms with van der Waals surface area (Å²) in [5.74, 6) is 2.45. The zero-order chi connectivity index (χ0) is 6.81. The molecule has 10 heavy (non-hydrogen) atoms. The number of H-pyrrole nitrogens is 1. The number of hydrogen-bond acceptors (Lipinski definition) is 2. The summed E-state index contributed by atoms with van der Waals surface area (Å²) in [5.41, 5.74) is 0. The second-order valence-corrected chi connectivity index (χ2v) is 3.79. The molecule has 1 saturated heterocycles. The second kappa shape index (κ2) is 2.66. The van der Waals surface area contributed by atoms with Crippen molar-refractivity contribution in [3.05, 3.63) is 18.2 Å². The van der Waals surface area contributed by atoms with E-state index in [1.54, 1.807) is 0 Å². The van der Waals surface area contributed by atoms with Crippen LogP contribution in [-0.2, 0) is 0 Å². The Morgan fingerprint density at radius 1 is 1.70 bits per heavy atom. The number of imidazole rings is 1. The van der Waals surface area contributed by atoms with Crippen LogP contribution in [0.2, 0.25) is 0 Å². The molecule has 0 bridgehead atoms. The first-order valence-electron chi connectivity index (χ1n) is 3.58. The van der Waals surface area contributed by atoms with E-state index in [0.29, 0.717) is 5.25 Å². The maximum Gasteiger partial charge on any atom is 0.119 e. The van der Waals surface area contributed by atoms with Crippen molar-refractivity contribution < 1.29 is 0 Å². The van der Waals surface area contributed by atoms with E-state index in [1.165, 1.54) is 18.6 Å². The van der Waals surface area contributed by atoms with Crippen LogP contribution in [-0.4, -0.2) is 15.7 Å². The molecule has 0 radical (unpaired) electrons. The van der Waals surface area contributed by atoms with E-state index in [0.717, 1.165) is 5.82 Å². The lowest BCUT2D eigenvalue weighted by Gasteiger charge is -2.01. The third-order valence-corrected chi connectivity index (χ3v) is 3.14. The van der Waals surface area contributed by atoms with Crippen LogP contribution in [0.25, 0.3) is 0 Å². The van der Waals surface area contributed by atoms with Crippen LogP contribution in [0.4, 0.5) is 0 Å². The number of nitrogens with one attached hydrogen (secondary N) is 1. The molecule has 1 unspecified atom stereocenters. The van der Waals surface area contributed by atoms with Crippen LogP contribution in [0.1, 0.15) is 23.9 Å². The molecule has 0 aliphatic carbocycles. The highest BCUT2D eigenvalue weighted by atomic mass is 32.2. The van der Waals surface area contributed by atoms with Crippen LogP contribution < -0.4 is 0 Å². The molecule has 0 aromatic carbocycles. The molecule has 1 aromatic heterocycles. The maximum absolute atomic E-state index is 4.22. The van der Waals surface area contributed by atoms with Crippen molar-refractivity contribution in [2.45, 2.75) is 18.1 Å². The predicted molar refractivity (Wildman–Crippen MR) is 43.0 cm³/mol. The third-order valence-electron chi connectivity index (χ3n) is 1.75. The summed E-state index contributed by atoms with van der Waals surface area (Å²) in [6.45, 7) is 0. The molecule has 2 nitrogen and oxygen atoms in total. The van der Waals surface area contributed by atoms with Crippen LogP contribution in [0.5, 0.6) is 0 Å². The monoisotopic (exact) mass is 154 g/mol. The molecule has 0 saturated carbocycles. The van der Waals surface area contributed by atoms with Crippen molar-refractivity contribution in [1.82, 2.24) is 9.97 Å². The first-order valence-corrected chi connectivity index (χ1v) is 4.62. The molecular formula is C7H10N2S. The topological polar surface area (TPSA) is 28.7 Å². The highest BCUT2D eigenvalue weighted by Gasteiger charge is 2.18. The average Bonchev–Trinajstić information content (AvgIpc) is 2.59.